The molecule has 0 aliphatic rings. The molecule has 0 spiro atoms. The van der Waals surface area contributed by atoms with Crippen molar-refractivity contribution in [1.29, 1.82) is 0 Å². The van der Waals surface area contributed by atoms with Gasteiger partial charge in [0.05, 0.1) is 4.92 Å². The Labute approximate surface area is 66.0 Å². The van der Waals surface area contributed by atoms with Gasteiger partial charge in [0.15, 0.2) is 0 Å². The number of hydrogen-bond donors (Lipinski definition) is 0. The van der Waals surface area contributed by atoms with Crippen molar-refractivity contribution in [1.82, 2.24) is 4.98 Å². The fourth-order valence-electron chi connectivity index (χ4n) is 0.753. The summed E-state index contributed by atoms with van der Waals surface area (Å²) in [6.45, 7) is 1.34. The minimum Gasteiger partial charge on any atom is -0.258 e. The van der Waals surface area contributed by atoms with Crippen LogP contribution in [0.25, 0.3) is 0 Å². The molecule has 1 rings (SSSR count). The number of pyridine rings is 1. The number of nitrogens with zero attached hydrogens (tertiary/aromatic N) is 2. The predicted molar refractivity (Wildman–Crippen MR) is 35.5 cm³/mol. The first-order valence-electron chi connectivity index (χ1n) is 2.99. The molecule has 0 saturated carbocycles. The Morgan fingerprint density at radius 1 is 1.58 bits per heavy atom. The third-order valence-electron chi connectivity index (χ3n) is 1.21. The van der Waals surface area contributed by atoms with Crippen LogP contribution < -0.4 is 0 Å². The smallest absolute Gasteiger partial charge is 0.258 e. The number of halogens is 2. The van der Waals surface area contributed by atoms with Crippen molar-refractivity contribution in [2.24, 2.45) is 0 Å². The van der Waals surface area contributed by atoms with Gasteiger partial charge in [-0.15, -0.1) is 0 Å². The molecule has 0 aliphatic carbocycles. The Morgan fingerprint density at radius 3 is 2.58 bits per heavy atom. The molecule has 0 radical (unpaired) electrons. The van der Waals surface area contributed by atoms with Gasteiger partial charge in [0, 0.05) is 11.8 Å². The van der Waals surface area contributed by atoms with Gasteiger partial charge >= 0.3 is 5.69 Å². The minimum absolute atomic E-state index is 0.0654. The van der Waals surface area contributed by atoms with Crippen LogP contribution in [0, 0.1) is 28.8 Å². The Balaban J connectivity index is 3.38. The second kappa shape index (κ2) is 2.80. The highest BCUT2D eigenvalue weighted by Gasteiger charge is 2.22. The van der Waals surface area contributed by atoms with E-state index in [-0.39, 0.29) is 5.69 Å². The molecule has 64 valence electrons. The molecule has 0 atom stereocenters. The Bertz CT molecular complexity index is 317. The van der Waals surface area contributed by atoms with Gasteiger partial charge in [-0.05, 0) is 6.92 Å². The summed E-state index contributed by atoms with van der Waals surface area (Å²) in [5.74, 6) is -2.59. The summed E-state index contributed by atoms with van der Waals surface area (Å²) >= 11 is 0. The summed E-state index contributed by atoms with van der Waals surface area (Å²) in [6, 6.07) is 0.807. The van der Waals surface area contributed by atoms with Gasteiger partial charge in [-0.3, -0.25) is 10.1 Å². The van der Waals surface area contributed by atoms with Crippen LogP contribution in [0.5, 0.6) is 0 Å². The monoisotopic (exact) mass is 174 g/mol. The molecule has 0 N–H and O–H groups in total. The van der Waals surface area contributed by atoms with Gasteiger partial charge in [-0.25, -0.2) is 4.98 Å². The van der Waals surface area contributed by atoms with E-state index in [0.717, 1.165) is 6.07 Å². The first-order chi connectivity index (χ1) is 5.52. The second-order valence-corrected chi connectivity index (χ2v) is 2.14. The van der Waals surface area contributed by atoms with Crippen LogP contribution in [0.2, 0.25) is 0 Å². The summed E-state index contributed by atoms with van der Waals surface area (Å²) in [4.78, 5) is 12.0. The van der Waals surface area contributed by atoms with Gasteiger partial charge in [0.2, 0.25) is 5.82 Å². The topological polar surface area (TPSA) is 56.0 Å². The highest BCUT2D eigenvalue weighted by atomic mass is 19.1. The molecule has 0 saturated heterocycles. The second-order valence-electron chi connectivity index (χ2n) is 2.14. The standard InChI is InChI=1S/C6H4F2N2O2/c1-3-2-4(7)5(10(11)12)6(8)9-3/h2H,1H3. The van der Waals surface area contributed by atoms with E-state index in [1.807, 2.05) is 0 Å². The number of hydrogen-bond acceptors (Lipinski definition) is 3. The molecule has 1 aromatic heterocycles. The predicted octanol–water partition coefficient (Wildman–Crippen LogP) is 1.58. The summed E-state index contributed by atoms with van der Waals surface area (Å²) < 4.78 is 25.2. The zero-order valence-corrected chi connectivity index (χ0v) is 6.04. The molecule has 12 heavy (non-hydrogen) atoms. The van der Waals surface area contributed by atoms with Crippen LogP contribution >= 0.6 is 0 Å². The molecule has 1 aromatic rings. The first-order valence-corrected chi connectivity index (χ1v) is 2.99. The van der Waals surface area contributed by atoms with Crippen LogP contribution in [0.4, 0.5) is 14.5 Å². The average Bonchev–Trinajstić information content (AvgIpc) is 1.82. The van der Waals surface area contributed by atoms with Crippen molar-refractivity contribution in [3.05, 3.63) is 33.6 Å². The number of aromatic nitrogens is 1. The third kappa shape index (κ3) is 1.36. The fraction of sp³-hybridized carbons (Fsp3) is 0.167. The molecule has 0 fully saturated rings. The van der Waals surface area contributed by atoms with Gasteiger partial charge in [-0.1, -0.05) is 0 Å². The van der Waals surface area contributed by atoms with Crippen LogP contribution in [0.1, 0.15) is 5.69 Å². The van der Waals surface area contributed by atoms with E-state index in [2.05, 4.69) is 4.98 Å². The lowest BCUT2D eigenvalue weighted by atomic mass is 10.3. The van der Waals surface area contributed by atoms with E-state index < -0.39 is 22.4 Å². The number of rotatable bonds is 1. The van der Waals surface area contributed by atoms with E-state index in [4.69, 9.17) is 0 Å². The normalized spacial score (nSPS) is 9.92. The van der Waals surface area contributed by atoms with Crippen molar-refractivity contribution >= 4 is 5.69 Å². The Kier molecular flexibility index (Phi) is 1.99. The van der Waals surface area contributed by atoms with Gasteiger partial charge in [0.1, 0.15) is 0 Å². The van der Waals surface area contributed by atoms with Gasteiger partial charge in [0.25, 0.3) is 5.95 Å². The largest absolute Gasteiger partial charge is 0.359 e. The van der Waals surface area contributed by atoms with Gasteiger partial charge in [-0.2, -0.15) is 8.78 Å². The average molecular weight is 174 g/mol. The first kappa shape index (κ1) is 8.51. The molecule has 4 nitrogen and oxygen atoms in total. The van der Waals surface area contributed by atoms with Crippen molar-refractivity contribution in [2.45, 2.75) is 6.92 Å². The zero-order chi connectivity index (χ0) is 9.30. The molecule has 0 aliphatic heterocycles. The van der Waals surface area contributed by atoms with Crippen molar-refractivity contribution in [3.8, 4) is 0 Å². The number of nitro groups is 1. The SMILES string of the molecule is Cc1cc(F)c([N+](=O)[O-])c(F)n1. The lowest BCUT2D eigenvalue weighted by Gasteiger charge is -1.95. The lowest BCUT2D eigenvalue weighted by molar-refractivity contribution is -0.390. The summed E-state index contributed by atoms with van der Waals surface area (Å²) in [5.41, 5.74) is -1.14. The molecule has 6 heteroatoms. The minimum atomic E-state index is -1.39. The maximum absolute atomic E-state index is 12.6. The van der Waals surface area contributed by atoms with E-state index >= 15 is 0 Å². The van der Waals surface area contributed by atoms with Crippen LogP contribution in [-0.2, 0) is 0 Å². The molecule has 0 amide bonds. The van der Waals surface area contributed by atoms with Crippen LogP contribution in [0.15, 0.2) is 6.07 Å². The quantitative estimate of drug-likeness (QED) is 0.369. The van der Waals surface area contributed by atoms with Gasteiger partial charge < -0.3 is 0 Å². The van der Waals surface area contributed by atoms with Crippen LogP contribution in [-0.4, -0.2) is 9.91 Å². The molecule has 0 unspecified atom stereocenters. The lowest BCUT2D eigenvalue weighted by Crippen LogP contribution is -2.00. The van der Waals surface area contributed by atoms with E-state index in [0.29, 0.717) is 0 Å². The Morgan fingerprint density at radius 2 is 2.17 bits per heavy atom. The highest BCUT2D eigenvalue weighted by molar-refractivity contribution is 5.30. The molecule has 0 bridgehead atoms. The van der Waals surface area contributed by atoms with Crippen molar-refractivity contribution in [3.63, 3.8) is 0 Å². The maximum atomic E-state index is 12.6. The summed E-state index contributed by atoms with van der Waals surface area (Å²) in [6.07, 6.45) is 0. The Hall–Kier alpha value is -1.59. The molecular formula is C6H4F2N2O2. The molecular weight excluding hydrogens is 170 g/mol. The van der Waals surface area contributed by atoms with E-state index in [1.54, 1.807) is 0 Å². The third-order valence-corrected chi connectivity index (χ3v) is 1.21. The zero-order valence-electron chi connectivity index (χ0n) is 6.04. The molecule has 1 heterocycles. The summed E-state index contributed by atoms with van der Waals surface area (Å²) in [7, 11) is 0. The van der Waals surface area contributed by atoms with E-state index in [1.165, 1.54) is 6.92 Å². The fourth-order valence-corrected chi connectivity index (χ4v) is 0.753. The highest BCUT2D eigenvalue weighted by Crippen LogP contribution is 2.19. The van der Waals surface area contributed by atoms with E-state index in [9.17, 15) is 18.9 Å². The molecule has 0 aromatic carbocycles. The van der Waals surface area contributed by atoms with Crippen LogP contribution in [0.3, 0.4) is 0 Å². The van der Waals surface area contributed by atoms with Crippen molar-refractivity contribution in [2.75, 3.05) is 0 Å². The maximum Gasteiger partial charge on any atom is 0.359 e. The van der Waals surface area contributed by atoms with Crippen molar-refractivity contribution < 1.29 is 13.7 Å². The number of aryl methyl sites for hydroxylation is 1. The summed E-state index contributed by atoms with van der Waals surface area (Å²) in [5, 5.41) is 10.0.